The molecular weight excluding hydrogens is 345 g/mol. The first kappa shape index (κ1) is 18.0. The van der Waals surface area contributed by atoms with Gasteiger partial charge in [-0.05, 0) is 25.0 Å². The van der Waals surface area contributed by atoms with Crippen LogP contribution >= 0.6 is 0 Å². The molecule has 0 aliphatic carbocycles. The quantitative estimate of drug-likeness (QED) is 0.600. The summed E-state index contributed by atoms with van der Waals surface area (Å²) in [5.41, 5.74) is 1.76. The third kappa shape index (κ3) is 3.56. The number of aromatic amines is 1. The van der Waals surface area contributed by atoms with Crippen molar-refractivity contribution in [1.29, 1.82) is 0 Å². The van der Waals surface area contributed by atoms with E-state index in [0.717, 1.165) is 47.6 Å². The average molecular weight is 364 g/mol. The summed E-state index contributed by atoms with van der Waals surface area (Å²) in [6, 6.07) is 3.75. The standard InChI is InChI=1S/C17H19F3N6/c1-3-4-5-11-13(7-6-10-8-23-26-14(10)11)24-16-22-9-12(17(18,19)20)15(21-2)25-16/h6-9H,3-5H2,1-2H3,(H,23,26)(H2,21,22,24,25). The van der Waals surface area contributed by atoms with Crippen LogP contribution < -0.4 is 10.6 Å². The van der Waals surface area contributed by atoms with Crippen molar-refractivity contribution in [3.63, 3.8) is 0 Å². The highest BCUT2D eigenvalue weighted by Gasteiger charge is 2.35. The van der Waals surface area contributed by atoms with Crippen LogP contribution in [0.2, 0.25) is 0 Å². The van der Waals surface area contributed by atoms with Crippen LogP contribution in [0.15, 0.2) is 24.5 Å². The van der Waals surface area contributed by atoms with E-state index >= 15 is 0 Å². The van der Waals surface area contributed by atoms with Crippen LogP contribution in [0.25, 0.3) is 10.9 Å². The zero-order valence-electron chi connectivity index (χ0n) is 14.4. The van der Waals surface area contributed by atoms with Crippen LogP contribution in [0.4, 0.5) is 30.6 Å². The predicted molar refractivity (Wildman–Crippen MR) is 94.6 cm³/mol. The Bertz CT molecular complexity index is 903. The zero-order valence-corrected chi connectivity index (χ0v) is 14.4. The lowest BCUT2D eigenvalue weighted by Gasteiger charge is -2.15. The number of benzene rings is 1. The number of aryl methyl sites for hydroxylation is 1. The fourth-order valence-corrected chi connectivity index (χ4v) is 2.76. The number of anilines is 3. The van der Waals surface area contributed by atoms with Gasteiger partial charge in [-0.15, -0.1) is 0 Å². The van der Waals surface area contributed by atoms with E-state index in [1.807, 2.05) is 12.1 Å². The third-order valence-corrected chi connectivity index (χ3v) is 4.08. The monoisotopic (exact) mass is 364 g/mol. The molecule has 0 atom stereocenters. The lowest BCUT2D eigenvalue weighted by atomic mass is 10.0. The first-order valence-electron chi connectivity index (χ1n) is 8.28. The Labute approximate surface area is 148 Å². The summed E-state index contributed by atoms with van der Waals surface area (Å²) in [7, 11) is 1.39. The highest BCUT2D eigenvalue weighted by molar-refractivity contribution is 5.87. The average Bonchev–Trinajstić information content (AvgIpc) is 3.08. The molecule has 0 fully saturated rings. The Morgan fingerprint density at radius 2 is 2.00 bits per heavy atom. The normalized spacial score (nSPS) is 11.7. The molecule has 1 aromatic carbocycles. The summed E-state index contributed by atoms with van der Waals surface area (Å²) < 4.78 is 39.0. The number of halogens is 3. The maximum absolute atomic E-state index is 13.0. The second kappa shape index (κ2) is 7.19. The molecule has 138 valence electrons. The van der Waals surface area contributed by atoms with Gasteiger partial charge in [-0.3, -0.25) is 5.10 Å². The van der Waals surface area contributed by atoms with Gasteiger partial charge in [0, 0.05) is 29.9 Å². The maximum Gasteiger partial charge on any atom is 0.421 e. The minimum atomic E-state index is -4.52. The summed E-state index contributed by atoms with van der Waals surface area (Å²) in [4.78, 5) is 7.79. The summed E-state index contributed by atoms with van der Waals surface area (Å²) in [6.45, 7) is 2.10. The minimum Gasteiger partial charge on any atom is -0.372 e. The molecule has 2 aromatic heterocycles. The van der Waals surface area contributed by atoms with Crippen molar-refractivity contribution in [1.82, 2.24) is 20.2 Å². The van der Waals surface area contributed by atoms with Crippen molar-refractivity contribution < 1.29 is 13.2 Å². The van der Waals surface area contributed by atoms with Crippen LogP contribution in [0.5, 0.6) is 0 Å². The SMILES string of the molecule is CCCCc1c(Nc2ncc(C(F)(F)F)c(NC)n2)ccc2cn[nH]c12. The lowest BCUT2D eigenvalue weighted by molar-refractivity contribution is -0.137. The third-order valence-electron chi connectivity index (χ3n) is 4.08. The van der Waals surface area contributed by atoms with E-state index in [0.29, 0.717) is 0 Å². The molecule has 2 heterocycles. The number of hydrogen-bond acceptors (Lipinski definition) is 5. The number of alkyl halides is 3. The van der Waals surface area contributed by atoms with Gasteiger partial charge in [0.15, 0.2) is 0 Å². The maximum atomic E-state index is 13.0. The summed E-state index contributed by atoms with van der Waals surface area (Å²) in [5.74, 6) is -0.174. The highest BCUT2D eigenvalue weighted by atomic mass is 19.4. The number of hydrogen-bond donors (Lipinski definition) is 3. The van der Waals surface area contributed by atoms with Crippen LogP contribution in [0.1, 0.15) is 30.9 Å². The topological polar surface area (TPSA) is 78.5 Å². The molecule has 0 radical (unpaired) electrons. The van der Waals surface area contributed by atoms with Crippen molar-refractivity contribution in [3.8, 4) is 0 Å². The molecule has 3 rings (SSSR count). The van der Waals surface area contributed by atoms with E-state index in [1.54, 1.807) is 6.20 Å². The number of unbranched alkanes of at least 4 members (excludes halogenated alkanes) is 1. The minimum absolute atomic E-state index is 0.0963. The number of nitrogens with zero attached hydrogens (tertiary/aromatic N) is 3. The number of aromatic nitrogens is 4. The molecule has 0 spiro atoms. The van der Waals surface area contributed by atoms with Gasteiger partial charge in [-0.2, -0.15) is 23.3 Å². The van der Waals surface area contributed by atoms with Gasteiger partial charge in [-0.25, -0.2) is 4.98 Å². The van der Waals surface area contributed by atoms with E-state index in [-0.39, 0.29) is 11.8 Å². The summed E-state index contributed by atoms with van der Waals surface area (Å²) >= 11 is 0. The number of fused-ring (bicyclic) bond motifs is 1. The molecule has 0 saturated carbocycles. The van der Waals surface area contributed by atoms with Gasteiger partial charge in [0.05, 0.1) is 11.7 Å². The number of H-pyrrole nitrogens is 1. The van der Waals surface area contributed by atoms with Crippen molar-refractivity contribution in [3.05, 3.63) is 35.7 Å². The van der Waals surface area contributed by atoms with Gasteiger partial charge in [-0.1, -0.05) is 13.3 Å². The number of rotatable bonds is 6. The van der Waals surface area contributed by atoms with Crippen molar-refractivity contribution in [2.24, 2.45) is 0 Å². The molecule has 0 unspecified atom stereocenters. The van der Waals surface area contributed by atoms with Crippen molar-refractivity contribution >= 4 is 28.4 Å². The molecule has 3 N–H and O–H groups in total. The van der Waals surface area contributed by atoms with E-state index in [9.17, 15) is 13.2 Å². The van der Waals surface area contributed by atoms with E-state index in [2.05, 4.69) is 37.7 Å². The van der Waals surface area contributed by atoms with Crippen LogP contribution in [-0.2, 0) is 12.6 Å². The van der Waals surface area contributed by atoms with Crippen LogP contribution in [0, 0.1) is 0 Å². The molecule has 3 aromatic rings. The zero-order chi connectivity index (χ0) is 18.7. The van der Waals surface area contributed by atoms with E-state index in [1.165, 1.54) is 7.05 Å². The van der Waals surface area contributed by atoms with Gasteiger partial charge < -0.3 is 10.6 Å². The molecule has 0 aliphatic heterocycles. The summed E-state index contributed by atoms with van der Waals surface area (Å²) in [5, 5.41) is 13.5. The molecular formula is C17H19F3N6. The van der Waals surface area contributed by atoms with Crippen molar-refractivity contribution in [2.45, 2.75) is 32.4 Å². The lowest BCUT2D eigenvalue weighted by Crippen LogP contribution is -2.12. The van der Waals surface area contributed by atoms with E-state index < -0.39 is 11.7 Å². The molecule has 0 amide bonds. The largest absolute Gasteiger partial charge is 0.421 e. The molecule has 6 nitrogen and oxygen atoms in total. The van der Waals surface area contributed by atoms with Crippen LogP contribution in [-0.4, -0.2) is 27.2 Å². The fourth-order valence-electron chi connectivity index (χ4n) is 2.76. The van der Waals surface area contributed by atoms with Gasteiger partial charge >= 0.3 is 6.18 Å². The highest BCUT2D eigenvalue weighted by Crippen LogP contribution is 2.34. The molecule has 0 bridgehead atoms. The Hall–Kier alpha value is -2.84. The predicted octanol–water partition coefficient (Wildman–Crippen LogP) is 4.50. The summed E-state index contributed by atoms with van der Waals surface area (Å²) in [6.07, 6.45) is 0.798. The first-order chi connectivity index (χ1) is 12.4. The van der Waals surface area contributed by atoms with Gasteiger partial charge in [0.1, 0.15) is 11.4 Å². The molecule has 26 heavy (non-hydrogen) atoms. The second-order valence-corrected chi connectivity index (χ2v) is 5.86. The Morgan fingerprint density at radius 3 is 2.69 bits per heavy atom. The smallest absolute Gasteiger partial charge is 0.372 e. The Morgan fingerprint density at radius 1 is 1.19 bits per heavy atom. The second-order valence-electron chi connectivity index (χ2n) is 5.86. The molecule has 0 aliphatic rings. The van der Waals surface area contributed by atoms with Crippen LogP contribution in [0.3, 0.4) is 0 Å². The molecule has 9 heteroatoms. The molecule has 0 saturated heterocycles. The Balaban J connectivity index is 1.98. The van der Waals surface area contributed by atoms with Gasteiger partial charge in [0.2, 0.25) is 5.95 Å². The first-order valence-corrected chi connectivity index (χ1v) is 8.28. The van der Waals surface area contributed by atoms with Crippen molar-refractivity contribution in [2.75, 3.05) is 17.7 Å². The number of nitrogens with one attached hydrogen (secondary N) is 3. The van der Waals surface area contributed by atoms with Gasteiger partial charge in [0.25, 0.3) is 0 Å². The Kier molecular flexibility index (Phi) is 4.97. The van der Waals surface area contributed by atoms with E-state index in [4.69, 9.17) is 0 Å². The fraction of sp³-hybridized carbons (Fsp3) is 0.353.